The second-order valence-corrected chi connectivity index (χ2v) is 5.72. The van der Waals surface area contributed by atoms with E-state index in [-0.39, 0.29) is 0 Å². The fourth-order valence-electron chi connectivity index (χ4n) is 1.94. The Morgan fingerprint density at radius 1 is 1.36 bits per heavy atom. The number of aromatic nitrogens is 3. The maximum absolute atomic E-state index is 11.2. The monoisotopic (exact) mass is 314 g/mol. The van der Waals surface area contributed by atoms with Crippen LogP contribution in [0.4, 0.5) is 10.7 Å². The minimum absolute atomic E-state index is 0.312. The van der Waals surface area contributed by atoms with Gasteiger partial charge in [-0.15, -0.1) is 0 Å². The summed E-state index contributed by atoms with van der Waals surface area (Å²) in [5.74, 6) is 0.312. The predicted molar refractivity (Wildman–Crippen MR) is 85.2 cm³/mol. The SMILES string of the molecule is COC(=O)Nc1nc2cc(Sc3ccccc3C)cnc2[nH]1. The number of carbonyl (C=O) groups is 1. The molecule has 2 heterocycles. The van der Waals surface area contributed by atoms with Crippen LogP contribution in [0.15, 0.2) is 46.3 Å². The summed E-state index contributed by atoms with van der Waals surface area (Å²) in [5.41, 5.74) is 2.51. The fraction of sp³-hybridized carbons (Fsp3) is 0.133. The van der Waals surface area contributed by atoms with E-state index in [1.165, 1.54) is 17.6 Å². The molecule has 1 amide bonds. The molecule has 2 N–H and O–H groups in total. The minimum atomic E-state index is -0.575. The first-order chi connectivity index (χ1) is 10.7. The number of H-pyrrole nitrogens is 1. The highest BCUT2D eigenvalue weighted by Gasteiger charge is 2.09. The van der Waals surface area contributed by atoms with E-state index >= 15 is 0 Å². The number of aromatic amines is 1. The number of aryl methyl sites for hydroxylation is 1. The molecule has 6 nitrogen and oxygen atoms in total. The second kappa shape index (κ2) is 6.07. The number of methoxy groups -OCH3 is 1. The number of imidazole rings is 1. The van der Waals surface area contributed by atoms with Gasteiger partial charge in [0.15, 0.2) is 5.65 Å². The zero-order chi connectivity index (χ0) is 15.5. The van der Waals surface area contributed by atoms with E-state index in [9.17, 15) is 4.79 Å². The van der Waals surface area contributed by atoms with Crippen molar-refractivity contribution in [1.29, 1.82) is 0 Å². The molecule has 0 aliphatic heterocycles. The van der Waals surface area contributed by atoms with Gasteiger partial charge in [-0.05, 0) is 24.6 Å². The average molecular weight is 314 g/mol. The van der Waals surface area contributed by atoms with Gasteiger partial charge in [0, 0.05) is 16.0 Å². The highest BCUT2D eigenvalue weighted by atomic mass is 32.2. The highest BCUT2D eigenvalue weighted by Crippen LogP contribution is 2.30. The van der Waals surface area contributed by atoms with Crippen LogP contribution >= 0.6 is 11.8 Å². The molecule has 2 aromatic heterocycles. The summed E-state index contributed by atoms with van der Waals surface area (Å²) in [7, 11) is 1.30. The molecular weight excluding hydrogens is 300 g/mol. The normalized spacial score (nSPS) is 10.6. The van der Waals surface area contributed by atoms with Crippen LogP contribution in [0.2, 0.25) is 0 Å². The number of hydrogen-bond acceptors (Lipinski definition) is 5. The summed E-state index contributed by atoms with van der Waals surface area (Å²) in [6.45, 7) is 2.07. The van der Waals surface area contributed by atoms with Crippen molar-refractivity contribution in [2.75, 3.05) is 12.4 Å². The van der Waals surface area contributed by atoms with Crippen molar-refractivity contribution >= 4 is 35.0 Å². The van der Waals surface area contributed by atoms with Crippen molar-refractivity contribution in [2.45, 2.75) is 16.7 Å². The van der Waals surface area contributed by atoms with Crippen molar-refractivity contribution in [3.05, 3.63) is 42.1 Å². The maximum atomic E-state index is 11.2. The summed E-state index contributed by atoms with van der Waals surface area (Å²) in [6.07, 6.45) is 1.20. The van der Waals surface area contributed by atoms with Gasteiger partial charge in [0.25, 0.3) is 0 Å². The van der Waals surface area contributed by atoms with Crippen molar-refractivity contribution in [3.63, 3.8) is 0 Å². The first-order valence-electron chi connectivity index (χ1n) is 6.60. The van der Waals surface area contributed by atoms with Gasteiger partial charge in [0.2, 0.25) is 5.95 Å². The number of rotatable bonds is 3. The van der Waals surface area contributed by atoms with Crippen molar-refractivity contribution in [1.82, 2.24) is 15.0 Å². The van der Waals surface area contributed by atoms with Gasteiger partial charge >= 0.3 is 6.09 Å². The van der Waals surface area contributed by atoms with Crippen molar-refractivity contribution in [3.8, 4) is 0 Å². The largest absolute Gasteiger partial charge is 0.453 e. The Balaban J connectivity index is 1.86. The quantitative estimate of drug-likeness (QED) is 0.772. The van der Waals surface area contributed by atoms with Crippen molar-refractivity contribution in [2.24, 2.45) is 0 Å². The molecule has 0 bridgehead atoms. The van der Waals surface area contributed by atoms with E-state index in [1.54, 1.807) is 18.0 Å². The van der Waals surface area contributed by atoms with Gasteiger partial charge in [-0.1, -0.05) is 30.0 Å². The molecule has 0 saturated heterocycles. The number of carbonyl (C=O) groups excluding carboxylic acids is 1. The lowest BCUT2D eigenvalue weighted by atomic mass is 10.2. The summed E-state index contributed by atoms with van der Waals surface area (Å²) in [6, 6.07) is 10.1. The molecule has 0 unspecified atom stereocenters. The Kier molecular flexibility index (Phi) is 3.97. The minimum Gasteiger partial charge on any atom is -0.453 e. The standard InChI is InChI=1S/C15H14N4O2S/c1-9-5-3-4-6-12(9)22-10-7-11-13(16-8-10)18-14(17-11)19-15(20)21-2/h3-8H,1-2H3,(H2,16,17,18,19,20). The van der Waals surface area contributed by atoms with E-state index in [2.05, 4.69) is 44.1 Å². The summed E-state index contributed by atoms with van der Waals surface area (Å²) in [4.78, 5) is 24.9. The molecule has 0 radical (unpaired) electrons. The third-order valence-corrected chi connectivity index (χ3v) is 4.18. The number of hydrogen-bond donors (Lipinski definition) is 2. The Bertz CT molecular complexity index is 831. The first-order valence-corrected chi connectivity index (χ1v) is 7.41. The van der Waals surface area contributed by atoms with Crippen LogP contribution in [-0.2, 0) is 4.74 Å². The number of benzene rings is 1. The van der Waals surface area contributed by atoms with Gasteiger partial charge in [-0.3, -0.25) is 5.32 Å². The van der Waals surface area contributed by atoms with E-state index < -0.39 is 6.09 Å². The number of anilines is 1. The predicted octanol–water partition coefficient (Wildman–Crippen LogP) is 3.60. The third kappa shape index (κ3) is 3.04. The summed E-state index contributed by atoms with van der Waals surface area (Å²) < 4.78 is 4.53. The average Bonchev–Trinajstić information content (AvgIpc) is 2.91. The molecule has 3 aromatic rings. The Hall–Kier alpha value is -2.54. The second-order valence-electron chi connectivity index (χ2n) is 4.61. The lowest BCUT2D eigenvalue weighted by molar-refractivity contribution is 0.186. The van der Waals surface area contributed by atoms with Crippen LogP contribution in [0, 0.1) is 6.92 Å². The number of ether oxygens (including phenoxy) is 1. The van der Waals surface area contributed by atoms with E-state index in [0.717, 1.165) is 4.90 Å². The Labute approximate surface area is 131 Å². The Morgan fingerprint density at radius 2 is 2.18 bits per heavy atom. The molecule has 1 aromatic carbocycles. The topological polar surface area (TPSA) is 79.9 Å². The lowest BCUT2D eigenvalue weighted by Gasteiger charge is -2.04. The van der Waals surface area contributed by atoms with E-state index in [1.807, 2.05) is 18.2 Å². The first kappa shape index (κ1) is 14.4. The number of fused-ring (bicyclic) bond motifs is 1. The van der Waals surface area contributed by atoms with Crippen LogP contribution in [0.3, 0.4) is 0 Å². The molecule has 3 rings (SSSR count). The molecule has 22 heavy (non-hydrogen) atoms. The number of nitrogens with one attached hydrogen (secondary N) is 2. The molecule has 0 aliphatic carbocycles. The van der Waals surface area contributed by atoms with Crippen LogP contribution in [-0.4, -0.2) is 28.2 Å². The van der Waals surface area contributed by atoms with Gasteiger partial charge in [0.1, 0.15) is 5.52 Å². The third-order valence-electron chi connectivity index (χ3n) is 3.04. The van der Waals surface area contributed by atoms with Crippen molar-refractivity contribution < 1.29 is 9.53 Å². The number of nitrogens with zero attached hydrogens (tertiary/aromatic N) is 2. The fourth-order valence-corrected chi connectivity index (χ4v) is 2.84. The molecule has 112 valence electrons. The van der Waals surface area contributed by atoms with Crippen LogP contribution in [0.1, 0.15) is 5.56 Å². The lowest BCUT2D eigenvalue weighted by Crippen LogP contribution is -2.11. The Morgan fingerprint density at radius 3 is 2.95 bits per heavy atom. The molecule has 0 saturated carbocycles. The smallest absolute Gasteiger partial charge is 0.413 e. The number of amides is 1. The zero-order valence-corrected chi connectivity index (χ0v) is 12.9. The highest BCUT2D eigenvalue weighted by molar-refractivity contribution is 7.99. The van der Waals surface area contributed by atoms with Gasteiger partial charge in [0.05, 0.1) is 7.11 Å². The zero-order valence-electron chi connectivity index (χ0n) is 12.1. The molecule has 7 heteroatoms. The molecular formula is C15H14N4O2S. The maximum Gasteiger partial charge on any atom is 0.413 e. The van der Waals surface area contributed by atoms with Gasteiger partial charge in [-0.25, -0.2) is 14.8 Å². The molecule has 0 aliphatic rings. The van der Waals surface area contributed by atoms with Gasteiger partial charge in [-0.2, -0.15) is 0 Å². The molecule has 0 spiro atoms. The summed E-state index contributed by atoms with van der Waals surface area (Å²) in [5, 5.41) is 2.48. The summed E-state index contributed by atoms with van der Waals surface area (Å²) >= 11 is 1.63. The molecule has 0 fully saturated rings. The van der Waals surface area contributed by atoms with Gasteiger partial charge < -0.3 is 9.72 Å². The van der Waals surface area contributed by atoms with Crippen LogP contribution in [0.25, 0.3) is 11.2 Å². The van der Waals surface area contributed by atoms with Crippen LogP contribution < -0.4 is 5.32 Å². The van der Waals surface area contributed by atoms with E-state index in [4.69, 9.17) is 0 Å². The number of pyridine rings is 1. The molecule has 0 atom stereocenters. The van der Waals surface area contributed by atoms with E-state index in [0.29, 0.717) is 17.1 Å². The van der Waals surface area contributed by atoms with Crippen LogP contribution in [0.5, 0.6) is 0 Å².